The van der Waals surface area contributed by atoms with Crippen LogP contribution in [0.2, 0.25) is 0 Å². The van der Waals surface area contributed by atoms with E-state index < -0.39 is 11.6 Å². The molecule has 140 valence electrons. The minimum atomic E-state index is -0.565. The second-order valence-electron chi connectivity index (χ2n) is 6.81. The summed E-state index contributed by atoms with van der Waals surface area (Å²) in [6.45, 7) is 3.37. The second kappa shape index (κ2) is 7.02. The average Bonchev–Trinajstić information content (AvgIpc) is 3.10. The lowest BCUT2D eigenvalue weighted by Gasteiger charge is -2.27. The zero-order valence-corrected chi connectivity index (χ0v) is 16.2. The predicted molar refractivity (Wildman–Crippen MR) is 111 cm³/mol. The van der Waals surface area contributed by atoms with Crippen LogP contribution >= 0.6 is 10.7 Å². The van der Waals surface area contributed by atoms with Gasteiger partial charge in [0.25, 0.3) is 0 Å². The second-order valence-corrected chi connectivity index (χ2v) is 8.52. The summed E-state index contributed by atoms with van der Waals surface area (Å²) >= 11 is 0. The molecule has 0 saturated heterocycles. The Hall–Kier alpha value is -2.31. The normalized spacial score (nSPS) is 16.5. The molecule has 0 radical (unpaired) electrons. The van der Waals surface area contributed by atoms with Gasteiger partial charge in [0.15, 0.2) is 5.82 Å². The summed E-state index contributed by atoms with van der Waals surface area (Å²) in [7, 11) is 0.0481. The number of hydrogen-bond acceptors (Lipinski definition) is 2. The molecule has 6 heteroatoms. The van der Waals surface area contributed by atoms with Crippen LogP contribution in [0, 0.1) is 18.6 Å². The van der Waals surface area contributed by atoms with Gasteiger partial charge in [-0.15, -0.1) is 10.7 Å². The lowest BCUT2D eigenvalue weighted by molar-refractivity contribution is 0.517. The fourth-order valence-electron chi connectivity index (χ4n) is 3.42. The van der Waals surface area contributed by atoms with Crippen LogP contribution in [0.3, 0.4) is 0 Å². The molecule has 3 nitrogen and oxygen atoms in total. The van der Waals surface area contributed by atoms with E-state index in [1.807, 2.05) is 24.3 Å². The Bertz CT molecular complexity index is 1070. The maximum Gasteiger partial charge on any atom is 0.155 e. The van der Waals surface area contributed by atoms with Gasteiger partial charge in [0.1, 0.15) is 11.3 Å². The van der Waals surface area contributed by atoms with Crippen molar-refractivity contribution in [2.24, 2.45) is 0 Å². The molecule has 0 bridgehead atoms. The highest BCUT2D eigenvalue weighted by Gasteiger charge is 2.17. The van der Waals surface area contributed by atoms with Crippen LogP contribution in [0.25, 0.3) is 22.2 Å². The van der Waals surface area contributed by atoms with Crippen molar-refractivity contribution in [2.75, 3.05) is 19.3 Å². The SMILES string of the molecule is C=S(C)N1CC=C(c2ccc(-n3ncc4cc(F)c(C)c(F)c43)cc2)CC1. The van der Waals surface area contributed by atoms with Crippen molar-refractivity contribution in [1.29, 1.82) is 0 Å². The molecule has 1 aliphatic rings. The number of fused-ring (bicyclic) bond motifs is 1. The van der Waals surface area contributed by atoms with Crippen molar-refractivity contribution in [3.8, 4) is 5.69 Å². The molecule has 2 heterocycles. The first kappa shape index (κ1) is 18.1. The van der Waals surface area contributed by atoms with Gasteiger partial charge in [-0.3, -0.25) is 4.31 Å². The molecular weight excluding hydrogens is 364 g/mol. The van der Waals surface area contributed by atoms with E-state index >= 15 is 0 Å². The summed E-state index contributed by atoms with van der Waals surface area (Å²) in [5.74, 6) is 2.99. The number of nitrogens with zero attached hydrogens (tertiary/aromatic N) is 3. The minimum absolute atomic E-state index is 0.0122. The molecule has 0 fully saturated rings. The summed E-state index contributed by atoms with van der Waals surface area (Å²) in [5.41, 5.74) is 3.55. The third-order valence-corrected chi connectivity index (χ3v) is 6.28. The van der Waals surface area contributed by atoms with Gasteiger partial charge in [0, 0.05) is 24.0 Å². The third-order valence-electron chi connectivity index (χ3n) is 5.07. The molecule has 1 atom stereocenters. The van der Waals surface area contributed by atoms with Crippen molar-refractivity contribution in [3.63, 3.8) is 0 Å². The van der Waals surface area contributed by atoms with Gasteiger partial charge in [-0.2, -0.15) is 5.10 Å². The molecule has 0 saturated carbocycles. The van der Waals surface area contributed by atoms with E-state index in [1.165, 1.54) is 29.4 Å². The van der Waals surface area contributed by atoms with Gasteiger partial charge < -0.3 is 0 Å². The van der Waals surface area contributed by atoms with Crippen LogP contribution in [0.1, 0.15) is 17.5 Å². The molecule has 2 aromatic carbocycles. The number of hydrogen-bond donors (Lipinski definition) is 0. The van der Waals surface area contributed by atoms with E-state index in [-0.39, 0.29) is 16.2 Å². The van der Waals surface area contributed by atoms with Gasteiger partial charge in [0.05, 0.1) is 11.9 Å². The van der Waals surface area contributed by atoms with Gasteiger partial charge >= 0.3 is 0 Å². The van der Waals surface area contributed by atoms with Crippen molar-refractivity contribution in [2.45, 2.75) is 13.3 Å². The molecule has 3 aromatic rings. The monoisotopic (exact) mass is 385 g/mol. The molecule has 4 rings (SSSR count). The lowest BCUT2D eigenvalue weighted by atomic mass is 10.00. The fourth-order valence-corrected chi connectivity index (χ4v) is 4.15. The molecule has 0 amide bonds. The Morgan fingerprint density at radius 1 is 1.19 bits per heavy atom. The molecule has 1 aliphatic heterocycles. The van der Waals surface area contributed by atoms with Crippen LogP contribution in [0.4, 0.5) is 8.78 Å². The molecule has 0 N–H and O–H groups in total. The van der Waals surface area contributed by atoms with E-state index in [2.05, 4.69) is 27.6 Å². The van der Waals surface area contributed by atoms with Crippen molar-refractivity contribution < 1.29 is 8.78 Å². The van der Waals surface area contributed by atoms with Crippen LogP contribution in [-0.2, 0) is 0 Å². The first-order valence-corrected chi connectivity index (χ1v) is 10.5. The van der Waals surface area contributed by atoms with E-state index in [0.29, 0.717) is 10.9 Å². The first-order chi connectivity index (χ1) is 13.0. The summed E-state index contributed by atoms with van der Waals surface area (Å²) in [6, 6.07) is 9.26. The van der Waals surface area contributed by atoms with Crippen LogP contribution < -0.4 is 0 Å². The van der Waals surface area contributed by atoms with Crippen molar-refractivity contribution in [1.82, 2.24) is 14.1 Å². The Labute approximate surface area is 160 Å². The zero-order valence-electron chi connectivity index (χ0n) is 15.4. The number of halogens is 2. The minimum Gasteiger partial charge on any atom is -0.253 e. The summed E-state index contributed by atoms with van der Waals surface area (Å²) in [6.07, 6.45) is 6.87. The van der Waals surface area contributed by atoms with Gasteiger partial charge in [-0.05, 0) is 48.9 Å². The summed E-state index contributed by atoms with van der Waals surface area (Å²) < 4.78 is 32.2. The van der Waals surface area contributed by atoms with E-state index in [0.717, 1.165) is 30.8 Å². The predicted octanol–water partition coefficient (Wildman–Crippen LogP) is 4.95. The summed E-state index contributed by atoms with van der Waals surface area (Å²) in [5, 5.41) is 4.72. The van der Waals surface area contributed by atoms with Crippen molar-refractivity contribution in [3.05, 3.63) is 65.4 Å². The highest BCUT2D eigenvalue weighted by atomic mass is 32.2. The molecule has 0 aliphatic carbocycles. The Kier molecular flexibility index (Phi) is 4.70. The lowest BCUT2D eigenvalue weighted by Crippen LogP contribution is -2.22. The van der Waals surface area contributed by atoms with Crippen LogP contribution in [0.5, 0.6) is 0 Å². The number of benzene rings is 2. The Morgan fingerprint density at radius 3 is 2.56 bits per heavy atom. The maximum absolute atomic E-state index is 14.6. The number of aromatic nitrogens is 2. The largest absolute Gasteiger partial charge is 0.253 e. The zero-order chi connectivity index (χ0) is 19.1. The van der Waals surface area contributed by atoms with Crippen LogP contribution in [0.15, 0.2) is 42.6 Å². The quantitative estimate of drug-likeness (QED) is 0.595. The molecule has 27 heavy (non-hydrogen) atoms. The maximum atomic E-state index is 14.6. The van der Waals surface area contributed by atoms with Gasteiger partial charge in [-0.25, -0.2) is 13.5 Å². The molecular formula is C21H21F2N3S. The fraction of sp³-hybridized carbons (Fsp3) is 0.238. The first-order valence-electron chi connectivity index (χ1n) is 8.78. The summed E-state index contributed by atoms with van der Waals surface area (Å²) in [4.78, 5) is 0. The van der Waals surface area contributed by atoms with E-state index in [4.69, 9.17) is 0 Å². The van der Waals surface area contributed by atoms with Crippen molar-refractivity contribution >= 4 is 33.0 Å². The number of rotatable bonds is 3. The molecule has 1 unspecified atom stereocenters. The van der Waals surface area contributed by atoms with Gasteiger partial charge in [0.2, 0.25) is 0 Å². The average molecular weight is 385 g/mol. The molecule has 1 aromatic heterocycles. The Balaban J connectivity index is 1.67. The van der Waals surface area contributed by atoms with E-state index in [9.17, 15) is 8.78 Å². The third kappa shape index (κ3) is 3.24. The van der Waals surface area contributed by atoms with E-state index in [1.54, 1.807) is 0 Å². The smallest absolute Gasteiger partial charge is 0.155 e. The highest BCUT2D eigenvalue weighted by Crippen LogP contribution is 2.29. The van der Waals surface area contributed by atoms with Crippen LogP contribution in [-0.4, -0.2) is 39.3 Å². The topological polar surface area (TPSA) is 21.1 Å². The molecule has 0 spiro atoms. The van der Waals surface area contributed by atoms with Gasteiger partial charge in [-0.1, -0.05) is 24.1 Å². The standard InChI is InChI=1S/C21H21F2N3S/c1-14-19(22)12-17-13-24-26(21(17)20(14)23)18-6-4-15(5-7-18)16-8-10-25(11-9-16)27(2)3/h4-8,12-13H,2,9-11H2,1,3H3. The highest BCUT2D eigenvalue weighted by molar-refractivity contribution is 8.11. The Morgan fingerprint density at radius 2 is 1.93 bits per heavy atom.